The molecule has 2 fully saturated rings. The van der Waals surface area contributed by atoms with Gasteiger partial charge in [-0.25, -0.2) is 0 Å². The molecule has 0 aromatic heterocycles. The third kappa shape index (κ3) is 5.20. The van der Waals surface area contributed by atoms with Crippen LogP contribution in [0.25, 0.3) is 0 Å². The average Bonchev–Trinajstić information content (AvgIpc) is 2.88. The van der Waals surface area contributed by atoms with Crippen molar-refractivity contribution in [2.24, 2.45) is 0 Å². The molecular weight excluding hydrogens is 300 g/mol. The van der Waals surface area contributed by atoms with Gasteiger partial charge in [-0.2, -0.15) is 0 Å². The summed E-state index contributed by atoms with van der Waals surface area (Å²) in [6.07, 6.45) is 6.10. The Hall–Kier alpha value is -1.10. The van der Waals surface area contributed by atoms with E-state index >= 15 is 0 Å². The van der Waals surface area contributed by atoms with Crippen LogP contribution in [-0.4, -0.2) is 68.9 Å². The van der Waals surface area contributed by atoms with Gasteiger partial charge in [0.25, 0.3) is 0 Å². The first-order chi connectivity index (χ1) is 11.8. The molecule has 2 aliphatic heterocycles. The van der Waals surface area contributed by atoms with Gasteiger partial charge in [0.05, 0.1) is 7.11 Å². The lowest BCUT2D eigenvalue weighted by Crippen LogP contribution is -2.41. The highest BCUT2D eigenvalue weighted by molar-refractivity contribution is 5.28. The van der Waals surface area contributed by atoms with Gasteiger partial charge in [-0.3, -0.25) is 4.90 Å². The highest BCUT2D eigenvalue weighted by Crippen LogP contribution is 2.17. The average molecular weight is 332 g/mol. The molecule has 0 aliphatic carbocycles. The molecule has 134 valence electrons. The standard InChI is InChI=1S/C20H32N2O2/c1-23-20-7-2-5-18(17-20)6-3-10-21-11-4-12-22(14-13-21)19-8-15-24-16-9-19/h2,5,7,17,19H,3-4,6,8-16H2,1H3. The Kier molecular flexibility index (Phi) is 6.94. The third-order valence-electron chi connectivity index (χ3n) is 5.40. The van der Waals surface area contributed by atoms with Gasteiger partial charge in [-0.05, 0) is 69.4 Å². The summed E-state index contributed by atoms with van der Waals surface area (Å²) in [6, 6.07) is 9.23. The molecule has 2 heterocycles. The number of ether oxygens (including phenoxy) is 2. The summed E-state index contributed by atoms with van der Waals surface area (Å²) >= 11 is 0. The van der Waals surface area contributed by atoms with Gasteiger partial charge < -0.3 is 14.4 Å². The molecule has 3 rings (SSSR count). The van der Waals surface area contributed by atoms with Gasteiger partial charge in [0.15, 0.2) is 0 Å². The van der Waals surface area contributed by atoms with Gasteiger partial charge in [-0.1, -0.05) is 12.1 Å². The van der Waals surface area contributed by atoms with E-state index in [1.54, 1.807) is 7.11 Å². The van der Waals surface area contributed by atoms with Crippen LogP contribution in [0.15, 0.2) is 24.3 Å². The highest BCUT2D eigenvalue weighted by atomic mass is 16.5. The van der Waals surface area contributed by atoms with Gasteiger partial charge in [0, 0.05) is 32.3 Å². The van der Waals surface area contributed by atoms with Crippen LogP contribution >= 0.6 is 0 Å². The topological polar surface area (TPSA) is 24.9 Å². The third-order valence-corrected chi connectivity index (χ3v) is 5.40. The maximum Gasteiger partial charge on any atom is 0.119 e. The maximum absolute atomic E-state index is 5.51. The van der Waals surface area contributed by atoms with Crippen molar-refractivity contribution in [1.82, 2.24) is 9.80 Å². The van der Waals surface area contributed by atoms with E-state index < -0.39 is 0 Å². The summed E-state index contributed by atoms with van der Waals surface area (Å²) in [5.41, 5.74) is 1.38. The maximum atomic E-state index is 5.51. The number of nitrogens with zero attached hydrogens (tertiary/aromatic N) is 2. The number of methoxy groups -OCH3 is 1. The zero-order chi connectivity index (χ0) is 16.6. The fourth-order valence-corrected chi connectivity index (χ4v) is 3.96. The zero-order valence-electron chi connectivity index (χ0n) is 15.1. The normalized spacial score (nSPS) is 21.5. The lowest BCUT2D eigenvalue weighted by Gasteiger charge is -2.33. The molecule has 4 heteroatoms. The van der Waals surface area contributed by atoms with Crippen molar-refractivity contribution in [1.29, 1.82) is 0 Å². The molecular formula is C20H32N2O2. The van der Waals surface area contributed by atoms with E-state index in [2.05, 4.69) is 28.0 Å². The second-order valence-corrected chi connectivity index (χ2v) is 7.03. The largest absolute Gasteiger partial charge is 0.497 e. The smallest absolute Gasteiger partial charge is 0.119 e. The van der Waals surface area contributed by atoms with Crippen molar-refractivity contribution in [3.05, 3.63) is 29.8 Å². The highest BCUT2D eigenvalue weighted by Gasteiger charge is 2.23. The summed E-state index contributed by atoms with van der Waals surface area (Å²) in [5, 5.41) is 0. The van der Waals surface area contributed by atoms with Crippen LogP contribution in [0, 0.1) is 0 Å². The SMILES string of the molecule is COc1cccc(CCCN2CCCN(C3CCOCC3)CC2)c1. The van der Waals surface area contributed by atoms with Crippen LogP contribution in [0.2, 0.25) is 0 Å². The molecule has 0 N–H and O–H groups in total. The number of benzene rings is 1. The molecule has 0 spiro atoms. The summed E-state index contributed by atoms with van der Waals surface area (Å²) in [7, 11) is 1.74. The van der Waals surface area contributed by atoms with E-state index in [0.717, 1.165) is 31.4 Å². The Morgan fingerprint density at radius 2 is 2.00 bits per heavy atom. The fourth-order valence-electron chi connectivity index (χ4n) is 3.96. The fraction of sp³-hybridized carbons (Fsp3) is 0.700. The minimum absolute atomic E-state index is 0.760. The van der Waals surface area contributed by atoms with Crippen LogP contribution in [0.1, 0.15) is 31.2 Å². The van der Waals surface area contributed by atoms with Crippen LogP contribution in [-0.2, 0) is 11.2 Å². The van der Waals surface area contributed by atoms with Crippen LogP contribution in [0.5, 0.6) is 5.75 Å². The molecule has 2 saturated heterocycles. The van der Waals surface area contributed by atoms with Crippen molar-refractivity contribution in [3.63, 3.8) is 0 Å². The van der Waals surface area contributed by atoms with E-state index in [0.29, 0.717) is 0 Å². The zero-order valence-corrected chi connectivity index (χ0v) is 15.1. The number of hydrogen-bond acceptors (Lipinski definition) is 4. The van der Waals surface area contributed by atoms with E-state index in [9.17, 15) is 0 Å². The number of aryl methyl sites for hydroxylation is 1. The quantitative estimate of drug-likeness (QED) is 0.800. The molecule has 1 aromatic rings. The Bertz CT molecular complexity index is 488. The number of hydrogen-bond donors (Lipinski definition) is 0. The Morgan fingerprint density at radius 3 is 2.83 bits per heavy atom. The van der Waals surface area contributed by atoms with Crippen LogP contribution in [0.3, 0.4) is 0 Å². The summed E-state index contributed by atoms with van der Waals surface area (Å²) < 4.78 is 10.8. The van der Waals surface area contributed by atoms with Crippen molar-refractivity contribution in [2.45, 2.75) is 38.1 Å². The predicted octanol–water partition coefficient (Wildman–Crippen LogP) is 2.81. The Morgan fingerprint density at radius 1 is 1.12 bits per heavy atom. The second kappa shape index (κ2) is 9.40. The lowest BCUT2D eigenvalue weighted by atomic mass is 10.1. The summed E-state index contributed by atoms with van der Waals surface area (Å²) in [4.78, 5) is 5.37. The molecule has 0 saturated carbocycles. The van der Waals surface area contributed by atoms with Crippen LogP contribution in [0.4, 0.5) is 0 Å². The predicted molar refractivity (Wildman–Crippen MR) is 97.8 cm³/mol. The van der Waals surface area contributed by atoms with E-state index in [4.69, 9.17) is 9.47 Å². The molecule has 4 nitrogen and oxygen atoms in total. The molecule has 0 amide bonds. The molecule has 2 aliphatic rings. The van der Waals surface area contributed by atoms with Crippen molar-refractivity contribution in [3.8, 4) is 5.75 Å². The first kappa shape index (κ1) is 17.7. The molecule has 0 atom stereocenters. The molecule has 0 unspecified atom stereocenters. The van der Waals surface area contributed by atoms with Gasteiger partial charge >= 0.3 is 0 Å². The Labute approximate surface area is 146 Å². The van der Waals surface area contributed by atoms with E-state index in [1.165, 1.54) is 64.0 Å². The van der Waals surface area contributed by atoms with Gasteiger partial charge in [0.1, 0.15) is 5.75 Å². The molecule has 1 aromatic carbocycles. The second-order valence-electron chi connectivity index (χ2n) is 7.03. The van der Waals surface area contributed by atoms with E-state index in [-0.39, 0.29) is 0 Å². The summed E-state index contributed by atoms with van der Waals surface area (Å²) in [6.45, 7) is 8.06. The minimum Gasteiger partial charge on any atom is -0.497 e. The van der Waals surface area contributed by atoms with Gasteiger partial charge in [-0.15, -0.1) is 0 Å². The number of rotatable bonds is 6. The van der Waals surface area contributed by atoms with E-state index in [1.807, 2.05) is 6.07 Å². The van der Waals surface area contributed by atoms with Crippen molar-refractivity contribution >= 4 is 0 Å². The summed E-state index contributed by atoms with van der Waals surface area (Å²) in [5.74, 6) is 0.967. The van der Waals surface area contributed by atoms with Gasteiger partial charge in [0.2, 0.25) is 0 Å². The van der Waals surface area contributed by atoms with Crippen LogP contribution < -0.4 is 4.74 Å². The monoisotopic (exact) mass is 332 g/mol. The minimum atomic E-state index is 0.760. The molecule has 0 bridgehead atoms. The molecule has 0 radical (unpaired) electrons. The van der Waals surface area contributed by atoms with Crippen molar-refractivity contribution in [2.75, 3.05) is 53.0 Å². The first-order valence-corrected chi connectivity index (χ1v) is 9.52. The first-order valence-electron chi connectivity index (χ1n) is 9.52. The van der Waals surface area contributed by atoms with Crippen molar-refractivity contribution < 1.29 is 9.47 Å². The molecule has 24 heavy (non-hydrogen) atoms. The lowest BCUT2D eigenvalue weighted by molar-refractivity contribution is 0.0354. The Balaban J connectivity index is 1.40.